The third kappa shape index (κ3) is 2.46. The summed E-state index contributed by atoms with van der Waals surface area (Å²) in [5, 5.41) is 4.34. The van der Waals surface area contributed by atoms with Crippen LogP contribution in [-0.2, 0) is 12.4 Å². The fraction of sp³-hybridized carbons (Fsp3) is 0.286. The van der Waals surface area contributed by atoms with E-state index in [1.165, 1.54) is 10.2 Å². The summed E-state index contributed by atoms with van der Waals surface area (Å²) in [7, 11) is 0. The Bertz CT molecular complexity index is 574. The fourth-order valence-corrected chi connectivity index (χ4v) is 1.96. The molecule has 0 unspecified atom stereocenters. The van der Waals surface area contributed by atoms with Crippen molar-refractivity contribution >= 4 is 11.6 Å². The van der Waals surface area contributed by atoms with Gasteiger partial charge in [0.2, 0.25) is 0 Å². The number of alkyl halides is 1. The van der Waals surface area contributed by atoms with Crippen LogP contribution in [0.1, 0.15) is 18.1 Å². The second-order valence-corrected chi connectivity index (χ2v) is 4.44. The van der Waals surface area contributed by atoms with E-state index in [0.29, 0.717) is 12.1 Å². The molecule has 4 heteroatoms. The third-order valence-corrected chi connectivity index (χ3v) is 3.13. The molecular formula is C14H15ClN2O. The topological polar surface area (TPSA) is 34.9 Å². The number of aromatic nitrogens is 2. The summed E-state index contributed by atoms with van der Waals surface area (Å²) in [5.74, 6) is 0.209. The van der Waals surface area contributed by atoms with Crippen LogP contribution in [0.4, 0.5) is 0 Å². The van der Waals surface area contributed by atoms with Crippen molar-refractivity contribution in [3.05, 3.63) is 51.8 Å². The van der Waals surface area contributed by atoms with Crippen LogP contribution < -0.4 is 5.56 Å². The number of rotatable bonds is 3. The van der Waals surface area contributed by atoms with Gasteiger partial charge >= 0.3 is 0 Å². The van der Waals surface area contributed by atoms with E-state index in [1.807, 2.05) is 38.1 Å². The number of nitrogens with zero attached hydrogens (tertiary/aromatic N) is 2. The zero-order valence-corrected chi connectivity index (χ0v) is 11.2. The van der Waals surface area contributed by atoms with Gasteiger partial charge in [-0.1, -0.05) is 29.8 Å². The molecule has 94 valence electrons. The minimum atomic E-state index is -0.108. The van der Waals surface area contributed by atoms with Crippen molar-refractivity contribution in [1.82, 2.24) is 9.78 Å². The first kappa shape index (κ1) is 12.8. The van der Waals surface area contributed by atoms with Gasteiger partial charge in [0.25, 0.3) is 5.56 Å². The molecule has 0 aliphatic heterocycles. The molecule has 0 fully saturated rings. The van der Waals surface area contributed by atoms with Gasteiger partial charge < -0.3 is 0 Å². The normalized spacial score (nSPS) is 10.6. The molecule has 0 atom stereocenters. The minimum Gasteiger partial charge on any atom is -0.267 e. The van der Waals surface area contributed by atoms with Gasteiger partial charge in [0.15, 0.2) is 0 Å². The number of hydrogen-bond acceptors (Lipinski definition) is 2. The van der Waals surface area contributed by atoms with Crippen LogP contribution in [0.2, 0.25) is 0 Å². The first-order chi connectivity index (χ1) is 8.65. The second-order valence-electron chi connectivity index (χ2n) is 4.18. The Morgan fingerprint density at radius 2 is 1.94 bits per heavy atom. The van der Waals surface area contributed by atoms with E-state index in [9.17, 15) is 4.79 Å². The number of hydrogen-bond donors (Lipinski definition) is 0. The smallest absolute Gasteiger partial charge is 0.267 e. The summed E-state index contributed by atoms with van der Waals surface area (Å²) < 4.78 is 1.45. The van der Waals surface area contributed by atoms with Gasteiger partial charge in [-0.3, -0.25) is 4.79 Å². The van der Waals surface area contributed by atoms with E-state index in [4.69, 9.17) is 11.6 Å². The molecule has 0 spiro atoms. The fourth-order valence-electron chi connectivity index (χ4n) is 1.77. The van der Waals surface area contributed by atoms with Crippen LogP contribution in [0.5, 0.6) is 0 Å². The summed E-state index contributed by atoms with van der Waals surface area (Å²) in [6, 6.07) is 9.82. The predicted octanol–water partition coefficient (Wildman–Crippen LogP) is 2.98. The van der Waals surface area contributed by atoms with Gasteiger partial charge in [-0.25, -0.2) is 4.68 Å². The summed E-state index contributed by atoms with van der Waals surface area (Å²) in [4.78, 5) is 11.9. The molecule has 0 radical (unpaired) electrons. The number of halogens is 1. The largest absolute Gasteiger partial charge is 0.271 e. The Hall–Kier alpha value is -1.61. The van der Waals surface area contributed by atoms with Crippen LogP contribution in [0.25, 0.3) is 11.3 Å². The molecule has 0 bridgehead atoms. The quantitative estimate of drug-likeness (QED) is 0.797. The first-order valence-corrected chi connectivity index (χ1v) is 6.43. The van der Waals surface area contributed by atoms with E-state index in [1.54, 1.807) is 6.07 Å². The Labute approximate surface area is 111 Å². The van der Waals surface area contributed by atoms with E-state index in [-0.39, 0.29) is 11.4 Å². The molecule has 0 saturated carbocycles. The van der Waals surface area contributed by atoms with Crippen molar-refractivity contribution in [3.8, 4) is 11.3 Å². The van der Waals surface area contributed by atoms with Crippen LogP contribution in [0, 0.1) is 6.92 Å². The SMILES string of the molecule is CCn1nc(-c2ccc(C)cc2)cc(CCl)c1=O. The number of benzene rings is 1. The highest BCUT2D eigenvalue weighted by Crippen LogP contribution is 2.17. The Morgan fingerprint density at radius 1 is 1.28 bits per heavy atom. The molecule has 3 nitrogen and oxygen atoms in total. The summed E-state index contributed by atoms with van der Waals surface area (Å²) in [6.07, 6.45) is 0. The maximum Gasteiger partial charge on any atom is 0.271 e. The highest BCUT2D eigenvalue weighted by molar-refractivity contribution is 6.17. The monoisotopic (exact) mass is 262 g/mol. The van der Waals surface area contributed by atoms with E-state index in [0.717, 1.165) is 11.3 Å². The van der Waals surface area contributed by atoms with Crippen LogP contribution >= 0.6 is 11.6 Å². The molecule has 0 saturated heterocycles. The van der Waals surface area contributed by atoms with Crippen molar-refractivity contribution in [1.29, 1.82) is 0 Å². The van der Waals surface area contributed by atoms with E-state index < -0.39 is 0 Å². The van der Waals surface area contributed by atoms with Crippen LogP contribution in [0.3, 0.4) is 0 Å². The maximum absolute atomic E-state index is 11.9. The molecular weight excluding hydrogens is 248 g/mol. The van der Waals surface area contributed by atoms with Gasteiger partial charge in [0.1, 0.15) is 0 Å². The standard InChI is InChI=1S/C14H15ClN2O/c1-3-17-14(18)12(9-15)8-13(16-17)11-6-4-10(2)5-7-11/h4-8H,3,9H2,1-2H3. The predicted molar refractivity (Wildman–Crippen MR) is 73.9 cm³/mol. The van der Waals surface area contributed by atoms with Gasteiger partial charge in [0, 0.05) is 17.7 Å². The Balaban J connectivity index is 2.57. The molecule has 1 aromatic carbocycles. The molecule has 0 aliphatic rings. The van der Waals surface area contributed by atoms with E-state index >= 15 is 0 Å². The molecule has 2 aromatic rings. The van der Waals surface area contributed by atoms with Crippen molar-refractivity contribution < 1.29 is 0 Å². The molecule has 2 rings (SSSR count). The lowest BCUT2D eigenvalue weighted by Gasteiger charge is -2.08. The van der Waals surface area contributed by atoms with Gasteiger partial charge in [-0.15, -0.1) is 11.6 Å². The zero-order valence-electron chi connectivity index (χ0n) is 10.5. The molecule has 0 aliphatic carbocycles. The molecule has 0 amide bonds. The minimum absolute atomic E-state index is 0.108. The van der Waals surface area contributed by atoms with Crippen molar-refractivity contribution in [2.75, 3.05) is 0 Å². The van der Waals surface area contributed by atoms with Crippen molar-refractivity contribution in [2.45, 2.75) is 26.3 Å². The lowest BCUT2D eigenvalue weighted by Crippen LogP contribution is -2.25. The molecule has 1 aromatic heterocycles. The van der Waals surface area contributed by atoms with Crippen molar-refractivity contribution in [2.24, 2.45) is 0 Å². The molecule has 1 heterocycles. The second kappa shape index (κ2) is 5.36. The highest BCUT2D eigenvalue weighted by Gasteiger charge is 2.08. The van der Waals surface area contributed by atoms with Gasteiger partial charge in [-0.05, 0) is 19.9 Å². The molecule has 18 heavy (non-hydrogen) atoms. The Kier molecular flexibility index (Phi) is 3.82. The zero-order chi connectivity index (χ0) is 13.1. The summed E-state index contributed by atoms with van der Waals surface area (Å²) >= 11 is 5.80. The van der Waals surface area contributed by atoms with Crippen LogP contribution in [0.15, 0.2) is 35.1 Å². The van der Waals surface area contributed by atoms with Gasteiger partial charge in [-0.2, -0.15) is 5.10 Å². The lowest BCUT2D eigenvalue weighted by molar-refractivity contribution is 0.613. The third-order valence-electron chi connectivity index (χ3n) is 2.84. The highest BCUT2D eigenvalue weighted by atomic mass is 35.5. The summed E-state index contributed by atoms with van der Waals surface area (Å²) in [6.45, 7) is 4.47. The van der Waals surface area contributed by atoms with Gasteiger partial charge in [0.05, 0.1) is 11.6 Å². The number of aryl methyl sites for hydroxylation is 2. The van der Waals surface area contributed by atoms with Crippen molar-refractivity contribution in [3.63, 3.8) is 0 Å². The van der Waals surface area contributed by atoms with Crippen LogP contribution in [-0.4, -0.2) is 9.78 Å². The lowest BCUT2D eigenvalue weighted by atomic mass is 10.1. The molecule has 0 N–H and O–H groups in total. The maximum atomic E-state index is 11.9. The Morgan fingerprint density at radius 3 is 2.50 bits per heavy atom. The van der Waals surface area contributed by atoms with E-state index in [2.05, 4.69) is 5.10 Å². The summed E-state index contributed by atoms with van der Waals surface area (Å²) in [5.41, 5.74) is 3.45. The first-order valence-electron chi connectivity index (χ1n) is 5.89. The average Bonchev–Trinajstić information content (AvgIpc) is 2.40. The average molecular weight is 263 g/mol.